The first kappa shape index (κ1) is 50.8. The van der Waals surface area contributed by atoms with Crippen molar-refractivity contribution in [1.82, 2.24) is 29.7 Å². The Morgan fingerprint density at radius 2 is 1.16 bits per heavy atom. The quantitative estimate of drug-likeness (QED) is 0.0425. The van der Waals surface area contributed by atoms with Crippen LogP contribution in [0, 0.1) is 16.7 Å². The molecule has 18 nitrogen and oxygen atoms in total. The minimum absolute atomic E-state index is 0.0326. The summed E-state index contributed by atoms with van der Waals surface area (Å²) in [5.41, 5.74) is 6.11. The lowest BCUT2D eigenvalue weighted by Crippen LogP contribution is -2.37. The standard InChI is InChI=1S/C47H61N7O11P2/c1-31(43(55)60-28-46(3,4)5)52-66(57,64-38-22-14-18-34-16-10-12-20-36(34)38)62-26-33(24-25-54-30-49-40-41(54)50-45(48)51-42(40)59-9)27-63-67(58,53-32(2)44(56)61-29-47(6,7)8)65-39-23-15-19-35-17-11-13-21-37(35)39/h10-23,30-33H,24-29H2,1-9H3,(H,52,57)(H,53,58)(H2,48,50,51)/t31-,32-,33?,66?,67?/m0/s1. The molecule has 0 aliphatic heterocycles. The fraction of sp³-hybridized carbons (Fsp3) is 0.426. The van der Waals surface area contributed by atoms with Gasteiger partial charge in [-0.05, 0) is 54.0 Å². The highest BCUT2D eigenvalue weighted by atomic mass is 31.2. The van der Waals surface area contributed by atoms with Gasteiger partial charge in [0.05, 0.1) is 39.9 Å². The van der Waals surface area contributed by atoms with E-state index in [4.69, 9.17) is 38.0 Å². The number of methoxy groups -OCH3 is 1. The first-order chi connectivity index (χ1) is 31.6. The van der Waals surface area contributed by atoms with Crippen molar-refractivity contribution in [2.75, 3.05) is 39.3 Å². The number of nitrogens with one attached hydrogen (secondary N) is 2. The summed E-state index contributed by atoms with van der Waals surface area (Å²) in [5, 5.41) is 8.50. The second-order valence-electron chi connectivity index (χ2n) is 18.6. The summed E-state index contributed by atoms with van der Waals surface area (Å²) in [6.45, 7) is 14.3. The number of anilines is 1. The Bertz CT molecular complexity index is 2620. The number of carbonyl (C=O) groups excluding carboxylic acids is 2. The molecule has 0 spiro atoms. The summed E-state index contributed by atoms with van der Waals surface area (Å²) in [6, 6.07) is 23.0. The van der Waals surface area contributed by atoms with E-state index in [0.29, 0.717) is 21.9 Å². The van der Waals surface area contributed by atoms with Gasteiger partial charge >= 0.3 is 27.4 Å². The first-order valence-corrected chi connectivity index (χ1v) is 25.0. The normalized spacial score (nSPS) is 15.3. The Kier molecular flexibility index (Phi) is 16.3. The summed E-state index contributed by atoms with van der Waals surface area (Å²) in [5.74, 6) is -1.47. The fourth-order valence-electron chi connectivity index (χ4n) is 6.58. The number of esters is 2. The lowest BCUT2D eigenvalue weighted by Gasteiger charge is -2.28. The highest BCUT2D eigenvalue weighted by molar-refractivity contribution is 7.52. The van der Waals surface area contributed by atoms with Crippen LogP contribution in [0.1, 0.15) is 61.8 Å². The van der Waals surface area contributed by atoms with Crippen LogP contribution in [0.3, 0.4) is 0 Å². The van der Waals surface area contributed by atoms with Crippen LogP contribution >= 0.6 is 15.5 Å². The molecule has 2 heterocycles. The number of hydrogen-bond acceptors (Lipinski definition) is 15. The van der Waals surface area contributed by atoms with Gasteiger partial charge in [-0.25, -0.2) is 14.1 Å². The predicted octanol–water partition coefficient (Wildman–Crippen LogP) is 9.27. The molecule has 2 unspecified atom stereocenters. The zero-order chi connectivity index (χ0) is 48.6. The summed E-state index contributed by atoms with van der Waals surface area (Å²) in [6.07, 6.45) is 1.74. The molecule has 360 valence electrons. The molecular formula is C47H61N7O11P2. The Balaban J connectivity index is 1.33. The molecule has 0 aliphatic rings. The van der Waals surface area contributed by atoms with Crippen LogP contribution < -0.4 is 29.7 Å². The summed E-state index contributed by atoms with van der Waals surface area (Å²) >= 11 is 0. The van der Waals surface area contributed by atoms with Crippen molar-refractivity contribution in [1.29, 1.82) is 0 Å². The third-order valence-electron chi connectivity index (χ3n) is 10.0. The number of nitrogens with two attached hydrogens (primary N) is 1. The molecule has 0 aliphatic carbocycles. The van der Waals surface area contributed by atoms with Crippen LogP contribution in [-0.4, -0.2) is 77.1 Å². The molecular weight excluding hydrogens is 901 g/mol. The first-order valence-electron chi connectivity index (χ1n) is 21.9. The van der Waals surface area contributed by atoms with Crippen LogP contribution in [0.4, 0.5) is 5.95 Å². The molecule has 6 rings (SSSR count). The van der Waals surface area contributed by atoms with Crippen LogP contribution in [0.25, 0.3) is 32.7 Å². The van der Waals surface area contributed by atoms with E-state index in [1.165, 1.54) is 21.0 Å². The van der Waals surface area contributed by atoms with Crippen LogP contribution in [-0.2, 0) is 43.8 Å². The molecule has 0 saturated heterocycles. The number of imidazole rings is 1. The predicted molar refractivity (Wildman–Crippen MR) is 257 cm³/mol. The monoisotopic (exact) mass is 961 g/mol. The van der Waals surface area contributed by atoms with Crippen LogP contribution in [0.5, 0.6) is 17.4 Å². The summed E-state index contributed by atoms with van der Waals surface area (Å²) in [7, 11) is -7.50. The van der Waals surface area contributed by atoms with Crippen molar-refractivity contribution in [3.63, 3.8) is 0 Å². The smallest absolute Gasteiger partial charge is 0.459 e. The molecule has 0 fully saturated rings. The van der Waals surface area contributed by atoms with Crippen molar-refractivity contribution in [2.45, 2.75) is 80.4 Å². The third-order valence-corrected chi connectivity index (χ3v) is 13.3. The van der Waals surface area contributed by atoms with E-state index in [1.807, 2.05) is 102 Å². The molecule has 2 aromatic heterocycles. The fourth-order valence-corrected chi connectivity index (χ4v) is 9.75. The molecule has 0 saturated carbocycles. The molecule has 0 bridgehead atoms. The maximum Gasteiger partial charge on any atom is 0.459 e. The average Bonchev–Trinajstić information content (AvgIpc) is 3.68. The van der Waals surface area contributed by atoms with Gasteiger partial charge in [-0.2, -0.15) is 20.1 Å². The molecule has 4 atom stereocenters. The number of rotatable bonds is 22. The topological polar surface area (TPSA) is 227 Å². The lowest BCUT2D eigenvalue weighted by atomic mass is 9.99. The van der Waals surface area contributed by atoms with E-state index in [-0.39, 0.29) is 73.6 Å². The Hall–Kier alpha value is -5.61. The number of benzene rings is 4. The minimum Gasteiger partial charge on any atom is -0.479 e. The number of aromatic nitrogens is 4. The van der Waals surface area contributed by atoms with E-state index >= 15 is 9.13 Å². The maximum absolute atomic E-state index is 15.1. The summed E-state index contributed by atoms with van der Waals surface area (Å²) in [4.78, 5) is 39.5. The zero-order valence-corrected chi connectivity index (χ0v) is 41.2. The van der Waals surface area contributed by atoms with E-state index in [0.717, 1.165) is 10.8 Å². The molecule has 6 aromatic rings. The number of fused-ring (bicyclic) bond motifs is 3. The van der Waals surface area contributed by atoms with Crippen molar-refractivity contribution in [3.8, 4) is 17.4 Å². The SMILES string of the molecule is COc1nc(N)nc2c1ncn2CCC(COP(=O)(N[C@@H](C)C(=O)OCC(C)(C)C)Oc1cccc2ccccc12)COP(=O)(N[C@@H](C)C(=O)OCC(C)(C)C)Oc1cccc2ccccc12. The molecule has 4 N–H and O–H groups in total. The lowest BCUT2D eigenvalue weighted by molar-refractivity contribution is -0.148. The van der Waals surface area contributed by atoms with Crippen molar-refractivity contribution in [2.24, 2.45) is 16.7 Å². The number of carbonyl (C=O) groups is 2. The highest BCUT2D eigenvalue weighted by Gasteiger charge is 2.37. The highest BCUT2D eigenvalue weighted by Crippen LogP contribution is 2.49. The minimum atomic E-state index is -4.47. The van der Waals surface area contributed by atoms with Gasteiger partial charge in [0.25, 0.3) is 0 Å². The van der Waals surface area contributed by atoms with E-state index < -0.39 is 45.4 Å². The zero-order valence-electron chi connectivity index (χ0n) is 39.4. The largest absolute Gasteiger partial charge is 0.479 e. The Morgan fingerprint density at radius 3 is 1.63 bits per heavy atom. The van der Waals surface area contributed by atoms with Crippen LogP contribution in [0.15, 0.2) is 91.3 Å². The van der Waals surface area contributed by atoms with Crippen molar-refractivity contribution >= 4 is 66.1 Å². The molecule has 67 heavy (non-hydrogen) atoms. The number of ether oxygens (including phenoxy) is 3. The Morgan fingerprint density at radius 1 is 0.701 bits per heavy atom. The Labute approximate surface area is 390 Å². The second kappa shape index (κ2) is 21.6. The van der Waals surface area contributed by atoms with E-state index in [9.17, 15) is 9.59 Å². The van der Waals surface area contributed by atoms with Gasteiger partial charge < -0.3 is 33.6 Å². The molecule has 0 radical (unpaired) electrons. The average molecular weight is 962 g/mol. The molecule has 4 aromatic carbocycles. The number of nitrogen functional groups attached to an aromatic ring is 1. The van der Waals surface area contributed by atoms with Gasteiger partial charge in [0, 0.05) is 23.2 Å². The van der Waals surface area contributed by atoms with Crippen LogP contribution in [0.2, 0.25) is 0 Å². The molecule has 20 heteroatoms. The van der Waals surface area contributed by atoms with Gasteiger partial charge in [0.15, 0.2) is 11.2 Å². The van der Waals surface area contributed by atoms with Gasteiger partial charge in [0.2, 0.25) is 11.8 Å². The summed E-state index contributed by atoms with van der Waals surface area (Å²) < 4.78 is 73.4. The second-order valence-corrected chi connectivity index (χ2v) is 22.0. The van der Waals surface area contributed by atoms with E-state index in [1.54, 1.807) is 35.2 Å². The maximum atomic E-state index is 15.1. The van der Waals surface area contributed by atoms with E-state index in [2.05, 4.69) is 25.1 Å². The van der Waals surface area contributed by atoms with Gasteiger partial charge in [-0.1, -0.05) is 114 Å². The van der Waals surface area contributed by atoms with Gasteiger partial charge in [-0.3, -0.25) is 18.6 Å². The van der Waals surface area contributed by atoms with Gasteiger partial charge in [0.1, 0.15) is 23.6 Å². The van der Waals surface area contributed by atoms with Crippen molar-refractivity contribution < 1.29 is 51.0 Å². The molecule has 0 amide bonds. The van der Waals surface area contributed by atoms with Gasteiger partial charge in [-0.15, -0.1) is 0 Å². The number of nitrogens with zero attached hydrogens (tertiary/aromatic N) is 4. The number of hydrogen-bond donors (Lipinski definition) is 3. The van der Waals surface area contributed by atoms with Crippen molar-refractivity contribution in [3.05, 3.63) is 91.3 Å². The third kappa shape index (κ3) is 14.2. The number of aryl methyl sites for hydroxylation is 1.